The normalized spacial score (nSPS) is 17.3. The van der Waals surface area contributed by atoms with Crippen LogP contribution in [0, 0.1) is 5.92 Å². The van der Waals surface area contributed by atoms with Crippen LogP contribution in [0.5, 0.6) is 11.5 Å². The van der Waals surface area contributed by atoms with Crippen LogP contribution < -0.4 is 9.47 Å². The Bertz CT molecular complexity index is 587. The molecule has 1 amide bonds. The molecule has 6 nitrogen and oxygen atoms in total. The number of ether oxygens (including phenoxy) is 3. The number of hydrogen-bond acceptors (Lipinski definition) is 5. The van der Waals surface area contributed by atoms with Gasteiger partial charge >= 0.3 is 5.97 Å². The van der Waals surface area contributed by atoms with Gasteiger partial charge in [-0.05, 0) is 44.9 Å². The van der Waals surface area contributed by atoms with E-state index in [1.807, 2.05) is 6.92 Å². The van der Waals surface area contributed by atoms with Crippen LogP contribution in [0.25, 0.3) is 0 Å². The summed E-state index contributed by atoms with van der Waals surface area (Å²) in [6.07, 6.45) is 1.55. The van der Waals surface area contributed by atoms with Crippen molar-refractivity contribution in [1.82, 2.24) is 4.90 Å². The molecule has 1 atom stereocenters. The highest BCUT2D eigenvalue weighted by Crippen LogP contribution is 2.29. The van der Waals surface area contributed by atoms with Crippen molar-refractivity contribution in [2.24, 2.45) is 5.92 Å². The summed E-state index contributed by atoms with van der Waals surface area (Å²) in [5.74, 6) is 0.568. The molecule has 0 N–H and O–H groups in total. The first-order valence-corrected chi connectivity index (χ1v) is 8.37. The van der Waals surface area contributed by atoms with Crippen molar-refractivity contribution in [3.63, 3.8) is 0 Å². The Labute approximate surface area is 142 Å². The SMILES string of the molecule is CCOC(=O)C1CCCN(C(=O)c2ccc(OCC)c(OC)c2)C1. The Morgan fingerprint density at radius 1 is 1.21 bits per heavy atom. The van der Waals surface area contributed by atoms with E-state index in [4.69, 9.17) is 14.2 Å². The highest BCUT2D eigenvalue weighted by atomic mass is 16.5. The van der Waals surface area contributed by atoms with Crippen LogP contribution in [0.15, 0.2) is 18.2 Å². The minimum absolute atomic E-state index is 0.106. The molecule has 1 aromatic carbocycles. The molecule has 0 aliphatic carbocycles. The van der Waals surface area contributed by atoms with Crippen LogP contribution in [0.1, 0.15) is 37.0 Å². The van der Waals surface area contributed by atoms with E-state index in [2.05, 4.69) is 0 Å². The van der Waals surface area contributed by atoms with E-state index in [0.717, 1.165) is 12.8 Å². The van der Waals surface area contributed by atoms with Crippen LogP contribution in [-0.4, -0.2) is 50.2 Å². The summed E-state index contributed by atoms with van der Waals surface area (Å²) in [6.45, 7) is 5.60. The molecule has 1 unspecified atom stereocenters. The number of rotatable bonds is 6. The van der Waals surface area contributed by atoms with Gasteiger partial charge in [-0.3, -0.25) is 9.59 Å². The van der Waals surface area contributed by atoms with E-state index in [0.29, 0.717) is 43.4 Å². The fourth-order valence-electron chi connectivity index (χ4n) is 2.87. The minimum Gasteiger partial charge on any atom is -0.493 e. The highest BCUT2D eigenvalue weighted by molar-refractivity contribution is 5.95. The van der Waals surface area contributed by atoms with Gasteiger partial charge < -0.3 is 19.1 Å². The van der Waals surface area contributed by atoms with E-state index in [-0.39, 0.29) is 17.8 Å². The van der Waals surface area contributed by atoms with Gasteiger partial charge in [0.05, 0.1) is 26.2 Å². The first kappa shape index (κ1) is 18.1. The van der Waals surface area contributed by atoms with Crippen LogP contribution in [0.2, 0.25) is 0 Å². The maximum atomic E-state index is 12.7. The number of carbonyl (C=O) groups excluding carboxylic acids is 2. The standard InChI is InChI=1S/C18H25NO5/c1-4-23-15-9-8-13(11-16(15)22-3)17(20)19-10-6-7-14(12-19)18(21)24-5-2/h8-9,11,14H,4-7,10,12H2,1-3H3. The van der Waals surface area contributed by atoms with Crippen LogP contribution in [-0.2, 0) is 9.53 Å². The molecule has 1 aromatic rings. The van der Waals surface area contributed by atoms with Gasteiger partial charge in [0.25, 0.3) is 5.91 Å². The van der Waals surface area contributed by atoms with Gasteiger partial charge in [-0.15, -0.1) is 0 Å². The van der Waals surface area contributed by atoms with E-state index in [1.54, 1.807) is 37.1 Å². The summed E-state index contributed by atoms with van der Waals surface area (Å²) in [4.78, 5) is 26.4. The van der Waals surface area contributed by atoms with Crippen LogP contribution in [0.3, 0.4) is 0 Å². The zero-order valence-corrected chi connectivity index (χ0v) is 14.5. The summed E-state index contributed by atoms with van der Waals surface area (Å²) in [5, 5.41) is 0. The van der Waals surface area contributed by atoms with Gasteiger partial charge in [-0.1, -0.05) is 0 Å². The van der Waals surface area contributed by atoms with Gasteiger partial charge in [0.2, 0.25) is 0 Å². The number of nitrogens with zero attached hydrogens (tertiary/aromatic N) is 1. The lowest BCUT2D eigenvalue weighted by Gasteiger charge is -2.31. The first-order chi connectivity index (χ1) is 11.6. The number of carbonyl (C=O) groups is 2. The number of likely N-dealkylation sites (tertiary alicyclic amines) is 1. The summed E-state index contributed by atoms with van der Waals surface area (Å²) < 4.78 is 15.9. The monoisotopic (exact) mass is 335 g/mol. The summed E-state index contributed by atoms with van der Waals surface area (Å²) in [5.41, 5.74) is 0.528. The second kappa shape index (κ2) is 8.57. The van der Waals surface area contributed by atoms with Crippen LogP contribution >= 0.6 is 0 Å². The number of methoxy groups -OCH3 is 1. The molecule has 1 saturated heterocycles. The third kappa shape index (κ3) is 4.19. The Hall–Kier alpha value is -2.24. The molecule has 1 aliphatic heterocycles. The molecule has 132 valence electrons. The zero-order chi connectivity index (χ0) is 17.5. The van der Waals surface area contributed by atoms with Gasteiger partial charge in [-0.25, -0.2) is 0 Å². The largest absolute Gasteiger partial charge is 0.493 e. The lowest BCUT2D eigenvalue weighted by molar-refractivity contribution is -0.149. The quantitative estimate of drug-likeness (QED) is 0.748. The minimum atomic E-state index is -0.243. The molecule has 0 spiro atoms. The highest BCUT2D eigenvalue weighted by Gasteiger charge is 2.30. The van der Waals surface area contributed by atoms with Crippen molar-refractivity contribution in [1.29, 1.82) is 0 Å². The fourth-order valence-corrected chi connectivity index (χ4v) is 2.87. The molecule has 0 aromatic heterocycles. The predicted octanol–water partition coefficient (Wildman–Crippen LogP) is 2.51. The topological polar surface area (TPSA) is 65.1 Å². The van der Waals surface area contributed by atoms with Crippen molar-refractivity contribution in [3.05, 3.63) is 23.8 Å². The van der Waals surface area contributed by atoms with Crippen molar-refractivity contribution in [2.45, 2.75) is 26.7 Å². The number of amides is 1. The molecule has 0 radical (unpaired) electrons. The number of hydrogen-bond donors (Lipinski definition) is 0. The van der Waals surface area contributed by atoms with E-state index in [9.17, 15) is 9.59 Å². The molecular weight excluding hydrogens is 310 g/mol. The van der Waals surface area contributed by atoms with Gasteiger partial charge in [0.1, 0.15) is 0 Å². The predicted molar refractivity (Wildman–Crippen MR) is 89.4 cm³/mol. The lowest BCUT2D eigenvalue weighted by Crippen LogP contribution is -2.42. The molecule has 1 fully saturated rings. The molecule has 24 heavy (non-hydrogen) atoms. The van der Waals surface area contributed by atoms with Gasteiger partial charge in [0, 0.05) is 18.7 Å². The van der Waals surface area contributed by atoms with Crippen molar-refractivity contribution in [2.75, 3.05) is 33.4 Å². The Balaban J connectivity index is 2.11. The molecular formula is C18H25NO5. The average molecular weight is 335 g/mol. The van der Waals surface area contributed by atoms with Crippen molar-refractivity contribution < 1.29 is 23.8 Å². The number of benzene rings is 1. The second-order valence-corrected chi connectivity index (χ2v) is 5.64. The van der Waals surface area contributed by atoms with E-state index in [1.165, 1.54) is 0 Å². The maximum Gasteiger partial charge on any atom is 0.310 e. The van der Waals surface area contributed by atoms with Crippen LogP contribution in [0.4, 0.5) is 0 Å². The molecule has 0 saturated carbocycles. The number of piperidine rings is 1. The molecule has 6 heteroatoms. The van der Waals surface area contributed by atoms with E-state index < -0.39 is 0 Å². The van der Waals surface area contributed by atoms with E-state index >= 15 is 0 Å². The smallest absolute Gasteiger partial charge is 0.310 e. The third-order valence-corrected chi connectivity index (χ3v) is 4.04. The summed E-state index contributed by atoms with van der Waals surface area (Å²) in [6, 6.07) is 5.15. The summed E-state index contributed by atoms with van der Waals surface area (Å²) in [7, 11) is 1.55. The molecule has 2 rings (SSSR count). The second-order valence-electron chi connectivity index (χ2n) is 5.64. The van der Waals surface area contributed by atoms with Crippen molar-refractivity contribution >= 4 is 11.9 Å². The average Bonchev–Trinajstić information content (AvgIpc) is 2.62. The lowest BCUT2D eigenvalue weighted by atomic mass is 9.97. The Morgan fingerprint density at radius 3 is 2.67 bits per heavy atom. The van der Waals surface area contributed by atoms with Crippen molar-refractivity contribution in [3.8, 4) is 11.5 Å². The third-order valence-electron chi connectivity index (χ3n) is 4.04. The number of esters is 1. The Kier molecular flexibility index (Phi) is 6.46. The molecule has 0 bridgehead atoms. The Morgan fingerprint density at radius 2 is 2.00 bits per heavy atom. The fraction of sp³-hybridized carbons (Fsp3) is 0.556. The summed E-state index contributed by atoms with van der Waals surface area (Å²) >= 11 is 0. The maximum absolute atomic E-state index is 12.7. The molecule has 1 heterocycles. The molecule has 1 aliphatic rings. The first-order valence-electron chi connectivity index (χ1n) is 8.37. The van der Waals surface area contributed by atoms with Gasteiger partial charge in [0.15, 0.2) is 11.5 Å². The van der Waals surface area contributed by atoms with Gasteiger partial charge in [-0.2, -0.15) is 0 Å². The zero-order valence-electron chi connectivity index (χ0n) is 14.5.